The maximum atomic E-state index is 5.70. The summed E-state index contributed by atoms with van der Waals surface area (Å²) in [6.07, 6.45) is 3.77. The summed E-state index contributed by atoms with van der Waals surface area (Å²) in [6, 6.07) is 9.06. The first-order valence-corrected chi connectivity index (χ1v) is 6.23. The first-order valence-electron chi connectivity index (χ1n) is 6.23. The fraction of sp³-hybridized carbons (Fsp3) is 0.462. The molecule has 0 aliphatic carbocycles. The molecule has 2 aromatic rings. The minimum atomic E-state index is 0.469. The molecule has 3 rings (SSSR count). The average molecular weight is 231 g/mol. The van der Waals surface area contributed by atoms with Crippen molar-refractivity contribution in [3.8, 4) is 6.01 Å². The molecule has 1 aromatic heterocycles. The normalized spacial score (nSPS) is 20.6. The van der Waals surface area contributed by atoms with Gasteiger partial charge in [0.05, 0.1) is 11.0 Å². The van der Waals surface area contributed by atoms with E-state index >= 15 is 0 Å². The molecule has 4 heteroatoms. The van der Waals surface area contributed by atoms with Gasteiger partial charge in [-0.05, 0) is 31.5 Å². The van der Waals surface area contributed by atoms with Crippen molar-refractivity contribution in [2.24, 2.45) is 0 Å². The van der Waals surface area contributed by atoms with Crippen LogP contribution < -0.4 is 10.1 Å². The zero-order valence-corrected chi connectivity index (χ0v) is 9.78. The number of rotatable bonds is 3. The standard InChI is InChI=1S/C13H17N3O/c1-2-7-12-11(6-1)15-13(16-12)17-9-10-5-3-4-8-14-10/h1-2,6-7,10,14H,3-5,8-9H2,(H,15,16)/t10-/m0/s1. The van der Waals surface area contributed by atoms with Gasteiger partial charge in [-0.15, -0.1) is 0 Å². The van der Waals surface area contributed by atoms with Gasteiger partial charge in [0, 0.05) is 6.04 Å². The van der Waals surface area contributed by atoms with E-state index in [1.54, 1.807) is 0 Å². The van der Waals surface area contributed by atoms with E-state index in [1.807, 2.05) is 24.3 Å². The number of piperidine rings is 1. The molecule has 2 heterocycles. The van der Waals surface area contributed by atoms with Crippen LogP contribution in [0.2, 0.25) is 0 Å². The second kappa shape index (κ2) is 4.75. The number of benzene rings is 1. The summed E-state index contributed by atoms with van der Waals surface area (Å²) in [5.74, 6) is 0. The highest BCUT2D eigenvalue weighted by Crippen LogP contribution is 2.15. The molecule has 0 saturated carbocycles. The van der Waals surface area contributed by atoms with Crippen molar-refractivity contribution >= 4 is 11.0 Å². The number of para-hydroxylation sites is 2. The zero-order valence-electron chi connectivity index (χ0n) is 9.78. The lowest BCUT2D eigenvalue weighted by molar-refractivity contribution is 0.226. The lowest BCUT2D eigenvalue weighted by Gasteiger charge is -2.22. The highest BCUT2D eigenvalue weighted by Gasteiger charge is 2.13. The predicted octanol–water partition coefficient (Wildman–Crippen LogP) is 2.08. The lowest BCUT2D eigenvalue weighted by Crippen LogP contribution is -2.38. The number of imidazole rings is 1. The van der Waals surface area contributed by atoms with Crippen molar-refractivity contribution in [1.82, 2.24) is 15.3 Å². The van der Waals surface area contributed by atoms with Crippen LogP contribution >= 0.6 is 0 Å². The van der Waals surface area contributed by atoms with E-state index in [0.717, 1.165) is 17.6 Å². The number of H-pyrrole nitrogens is 1. The number of hydrogen-bond acceptors (Lipinski definition) is 3. The fourth-order valence-corrected chi connectivity index (χ4v) is 2.24. The van der Waals surface area contributed by atoms with Crippen molar-refractivity contribution in [3.63, 3.8) is 0 Å². The van der Waals surface area contributed by atoms with Crippen LogP contribution in [0.25, 0.3) is 11.0 Å². The number of nitrogens with one attached hydrogen (secondary N) is 2. The molecule has 1 atom stereocenters. The Kier molecular flexibility index (Phi) is 2.96. The van der Waals surface area contributed by atoms with Crippen LogP contribution in [0, 0.1) is 0 Å². The van der Waals surface area contributed by atoms with Gasteiger partial charge in [0.2, 0.25) is 0 Å². The van der Waals surface area contributed by atoms with Crippen LogP contribution in [0.3, 0.4) is 0 Å². The molecule has 0 amide bonds. The highest BCUT2D eigenvalue weighted by atomic mass is 16.5. The number of hydrogen-bond donors (Lipinski definition) is 2. The second-order valence-corrected chi connectivity index (χ2v) is 4.52. The quantitative estimate of drug-likeness (QED) is 0.850. The maximum absolute atomic E-state index is 5.70. The minimum Gasteiger partial charge on any atom is -0.463 e. The van der Waals surface area contributed by atoms with Crippen LogP contribution in [0.15, 0.2) is 24.3 Å². The number of aromatic nitrogens is 2. The van der Waals surface area contributed by atoms with E-state index in [0.29, 0.717) is 18.7 Å². The predicted molar refractivity (Wildman–Crippen MR) is 67.2 cm³/mol. The van der Waals surface area contributed by atoms with Gasteiger partial charge in [-0.1, -0.05) is 18.6 Å². The molecule has 0 bridgehead atoms. The largest absolute Gasteiger partial charge is 0.463 e. The first kappa shape index (κ1) is 10.6. The number of aromatic amines is 1. The van der Waals surface area contributed by atoms with Crippen molar-refractivity contribution in [2.45, 2.75) is 25.3 Å². The molecule has 1 aliphatic heterocycles. The van der Waals surface area contributed by atoms with Crippen molar-refractivity contribution < 1.29 is 4.74 Å². The third kappa shape index (κ3) is 2.42. The molecular formula is C13H17N3O. The van der Waals surface area contributed by atoms with Crippen LogP contribution in [-0.2, 0) is 0 Å². The van der Waals surface area contributed by atoms with Crippen LogP contribution in [-0.4, -0.2) is 29.2 Å². The van der Waals surface area contributed by atoms with Gasteiger partial charge in [-0.3, -0.25) is 0 Å². The van der Waals surface area contributed by atoms with Gasteiger partial charge in [0.25, 0.3) is 6.01 Å². The Morgan fingerprint density at radius 1 is 1.29 bits per heavy atom. The Balaban J connectivity index is 1.64. The molecule has 0 spiro atoms. The van der Waals surface area contributed by atoms with E-state index < -0.39 is 0 Å². The monoisotopic (exact) mass is 231 g/mol. The molecule has 4 nitrogen and oxygen atoms in total. The third-order valence-corrected chi connectivity index (χ3v) is 3.20. The summed E-state index contributed by atoms with van der Waals surface area (Å²) < 4.78 is 5.70. The van der Waals surface area contributed by atoms with E-state index in [9.17, 15) is 0 Å². The van der Waals surface area contributed by atoms with Gasteiger partial charge >= 0.3 is 0 Å². The summed E-state index contributed by atoms with van der Waals surface area (Å²) in [5.41, 5.74) is 1.98. The molecule has 1 fully saturated rings. The van der Waals surface area contributed by atoms with Crippen LogP contribution in [0.1, 0.15) is 19.3 Å². The van der Waals surface area contributed by atoms with Crippen LogP contribution in [0.5, 0.6) is 6.01 Å². The smallest absolute Gasteiger partial charge is 0.294 e. The zero-order chi connectivity index (χ0) is 11.5. The van der Waals surface area contributed by atoms with Gasteiger partial charge in [-0.2, -0.15) is 4.98 Å². The number of nitrogens with zero attached hydrogens (tertiary/aromatic N) is 1. The van der Waals surface area contributed by atoms with Crippen molar-refractivity contribution in [1.29, 1.82) is 0 Å². The lowest BCUT2D eigenvalue weighted by atomic mass is 10.1. The summed E-state index contributed by atoms with van der Waals surface area (Å²) in [5, 5.41) is 3.46. The van der Waals surface area contributed by atoms with Crippen molar-refractivity contribution in [2.75, 3.05) is 13.2 Å². The summed E-state index contributed by atoms with van der Waals surface area (Å²) in [7, 11) is 0. The molecule has 0 unspecified atom stereocenters. The molecule has 1 saturated heterocycles. The Morgan fingerprint density at radius 2 is 2.24 bits per heavy atom. The Bertz CT molecular complexity index is 455. The Labute approximate surface area is 100 Å². The minimum absolute atomic E-state index is 0.469. The van der Waals surface area contributed by atoms with E-state index in [4.69, 9.17) is 4.74 Å². The Hall–Kier alpha value is -1.55. The van der Waals surface area contributed by atoms with Gasteiger partial charge in [0.15, 0.2) is 0 Å². The third-order valence-electron chi connectivity index (χ3n) is 3.20. The summed E-state index contributed by atoms with van der Waals surface area (Å²) >= 11 is 0. The fourth-order valence-electron chi connectivity index (χ4n) is 2.24. The van der Waals surface area contributed by atoms with Gasteiger partial charge < -0.3 is 15.0 Å². The molecular weight excluding hydrogens is 214 g/mol. The molecule has 1 aromatic carbocycles. The van der Waals surface area contributed by atoms with Crippen LogP contribution in [0.4, 0.5) is 0 Å². The molecule has 90 valence electrons. The number of ether oxygens (including phenoxy) is 1. The molecule has 1 aliphatic rings. The highest BCUT2D eigenvalue weighted by molar-refractivity contribution is 5.75. The first-order chi connectivity index (χ1) is 8.42. The van der Waals surface area contributed by atoms with E-state index in [2.05, 4.69) is 15.3 Å². The topological polar surface area (TPSA) is 49.9 Å². The van der Waals surface area contributed by atoms with E-state index in [-0.39, 0.29) is 0 Å². The average Bonchev–Trinajstić information content (AvgIpc) is 2.80. The second-order valence-electron chi connectivity index (χ2n) is 4.52. The van der Waals surface area contributed by atoms with Gasteiger partial charge in [0.1, 0.15) is 6.61 Å². The molecule has 17 heavy (non-hydrogen) atoms. The summed E-state index contributed by atoms with van der Waals surface area (Å²) in [4.78, 5) is 7.57. The Morgan fingerprint density at radius 3 is 3.06 bits per heavy atom. The molecule has 0 radical (unpaired) electrons. The van der Waals surface area contributed by atoms with E-state index in [1.165, 1.54) is 19.3 Å². The maximum Gasteiger partial charge on any atom is 0.294 e. The van der Waals surface area contributed by atoms with Crippen molar-refractivity contribution in [3.05, 3.63) is 24.3 Å². The van der Waals surface area contributed by atoms with Gasteiger partial charge in [-0.25, -0.2) is 0 Å². The molecule has 2 N–H and O–H groups in total. The number of fused-ring (bicyclic) bond motifs is 1. The summed E-state index contributed by atoms with van der Waals surface area (Å²) in [6.45, 7) is 1.80. The SMILES string of the molecule is c1ccc2[nH]c(OC[C@@H]3CCCCN3)nc2c1.